The number of benzene rings is 3. The number of aromatic nitrogens is 2. The van der Waals surface area contributed by atoms with Gasteiger partial charge in [0.2, 0.25) is 11.8 Å². The lowest BCUT2D eigenvalue weighted by Gasteiger charge is -2.07. The van der Waals surface area contributed by atoms with E-state index in [4.69, 9.17) is 4.42 Å². The summed E-state index contributed by atoms with van der Waals surface area (Å²) in [4.78, 5) is 13.4. The van der Waals surface area contributed by atoms with Gasteiger partial charge in [-0.3, -0.25) is 4.79 Å². The van der Waals surface area contributed by atoms with Crippen molar-refractivity contribution in [2.75, 3.05) is 5.32 Å². The van der Waals surface area contributed by atoms with Crippen molar-refractivity contribution < 1.29 is 9.21 Å². The summed E-state index contributed by atoms with van der Waals surface area (Å²) >= 11 is 1.60. The molecule has 0 aliphatic rings. The van der Waals surface area contributed by atoms with Crippen molar-refractivity contribution in [1.29, 1.82) is 0 Å². The summed E-state index contributed by atoms with van der Waals surface area (Å²) in [5, 5.41) is 11.1. The van der Waals surface area contributed by atoms with Crippen LogP contribution >= 0.6 is 11.8 Å². The van der Waals surface area contributed by atoms with Crippen molar-refractivity contribution in [3.8, 4) is 11.5 Å². The Bertz CT molecular complexity index is 1110. The van der Waals surface area contributed by atoms with Crippen LogP contribution in [0.3, 0.4) is 0 Å². The molecule has 0 saturated carbocycles. The number of amides is 1. The molecule has 29 heavy (non-hydrogen) atoms. The van der Waals surface area contributed by atoms with Crippen molar-refractivity contribution in [2.24, 2.45) is 0 Å². The number of anilines is 1. The van der Waals surface area contributed by atoms with Crippen LogP contribution in [0.5, 0.6) is 0 Å². The molecule has 0 fully saturated rings. The van der Waals surface area contributed by atoms with Crippen LogP contribution < -0.4 is 5.32 Å². The van der Waals surface area contributed by atoms with Gasteiger partial charge >= 0.3 is 0 Å². The zero-order valence-corrected chi connectivity index (χ0v) is 16.6. The number of aryl methyl sites for hydroxylation is 1. The first-order valence-corrected chi connectivity index (χ1v) is 10.1. The second-order valence-electron chi connectivity index (χ2n) is 6.50. The number of nitrogens with zero attached hydrogens (tertiary/aromatic N) is 2. The molecule has 0 aliphatic carbocycles. The zero-order valence-electron chi connectivity index (χ0n) is 15.8. The minimum atomic E-state index is -0.117. The highest BCUT2D eigenvalue weighted by Crippen LogP contribution is 2.25. The molecule has 1 heterocycles. The summed E-state index contributed by atoms with van der Waals surface area (Å²) in [6.07, 6.45) is 0. The number of hydrogen-bond donors (Lipinski definition) is 1. The van der Waals surface area contributed by atoms with Gasteiger partial charge in [0, 0.05) is 21.7 Å². The molecule has 4 rings (SSSR count). The Morgan fingerprint density at radius 2 is 1.76 bits per heavy atom. The average molecular weight is 401 g/mol. The van der Waals surface area contributed by atoms with E-state index in [-0.39, 0.29) is 5.91 Å². The van der Waals surface area contributed by atoms with Crippen LogP contribution in [0.25, 0.3) is 11.5 Å². The molecule has 0 saturated heterocycles. The standard InChI is InChI=1S/C23H19N3O2S/c1-16-6-5-9-18(14-16)22(27)24-19-10-12-20(13-11-19)29-15-21-25-26-23(28-21)17-7-3-2-4-8-17/h2-14H,15H2,1H3,(H,24,27). The van der Waals surface area contributed by atoms with E-state index in [1.807, 2.05) is 79.7 Å². The van der Waals surface area contributed by atoms with Crippen molar-refractivity contribution in [2.45, 2.75) is 17.6 Å². The monoisotopic (exact) mass is 401 g/mol. The molecule has 4 aromatic rings. The lowest BCUT2D eigenvalue weighted by Crippen LogP contribution is -2.11. The fraction of sp³-hybridized carbons (Fsp3) is 0.0870. The maximum Gasteiger partial charge on any atom is 0.255 e. The van der Waals surface area contributed by atoms with Gasteiger partial charge < -0.3 is 9.73 Å². The van der Waals surface area contributed by atoms with Crippen LogP contribution in [-0.2, 0) is 5.75 Å². The van der Waals surface area contributed by atoms with Crippen LogP contribution in [0.15, 0.2) is 88.2 Å². The second kappa shape index (κ2) is 8.75. The van der Waals surface area contributed by atoms with E-state index in [0.717, 1.165) is 21.7 Å². The molecular formula is C23H19N3O2S. The van der Waals surface area contributed by atoms with Gasteiger partial charge in [-0.15, -0.1) is 22.0 Å². The van der Waals surface area contributed by atoms with Crippen LogP contribution in [0.1, 0.15) is 21.8 Å². The summed E-state index contributed by atoms with van der Waals surface area (Å²) in [6, 6.07) is 24.9. The van der Waals surface area contributed by atoms with Gasteiger partial charge in [0.25, 0.3) is 5.91 Å². The lowest BCUT2D eigenvalue weighted by molar-refractivity contribution is 0.102. The predicted molar refractivity (Wildman–Crippen MR) is 115 cm³/mol. The minimum absolute atomic E-state index is 0.117. The summed E-state index contributed by atoms with van der Waals surface area (Å²) < 4.78 is 5.73. The Morgan fingerprint density at radius 3 is 2.52 bits per heavy atom. The Balaban J connectivity index is 1.34. The number of rotatable bonds is 6. The topological polar surface area (TPSA) is 68.0 Å². The molecule has 1 amide bonds. The second-order valence-corrected chi connectivity index (χ2v) is 7.55. The van der Waals surface area contributed by atoms with Gasteiger partial charge in [-0.25, -0.2) is 0 Å². The highest BCUT2D eigenvalue weighted by Gasteiger charge is 2.09. The highest BCUT2D eigenvalue weighted by molar-refractivity contribution is 7.98. The summed E-state index contributed by atoms with van der Waals surface area (Å²) in [7, 11) is 0. The molecule has 5 nitrogen and oxygen atoms in total. The van der Waals surface area contributed by atoms with Gasteiger partial charge in [0.05, 0.1) is 5.75 Å². The van der Waals surface area contributed by atoms with E-state index in [1.165, 1.54) is 0 Å². The van der Waals surface area contributed by atoms with Crippen molar-refractivity contribution >= 4 is 23.4 Å². The molecule has 1 aromatic heterocycles. The first-order chi connectivity index (χ1) is 14.2. The largest absolute Gasteiger partial charge is 0.420 e. The molecule has 6 heteroatoms. The number of carbonyl (C=O) groups excluding carboxylic acids is 1. The van der Waals surface area contributed by atoms with Crippen molar-refractivity contribution in [3.63, 3.8) is 0 Å². The van der Waals surface area contributed by atoms with Gasteiger partial charge in [-0.1, -0.05) is 35.9 Å². The normalized spacial score (nSPS) is 10.7. The third-order valence-electron chi connectivity index (χ3n) is 4.24. The Labute approximate surface area is 173 Å². The maximum absolute atomic E-state index is 12.3. The van der Waals surface area contributed by atoms with E-state index < -0.39 is 0 Å². The van der Waals surface area contributed by atoms with Crippen LogP contribution in [-0.4, -0.2) is 16.1 Å². The Morgan fingerprint density at radius 1 is 0.966 bits per heavy atom. The molecule has 0 aliphatic heterocycles. The molecule has 0 atom stereocenters. The molecule has 144 valence electrons. The Kier molecular flexibility index (Phi) is 5.72. The first-order valence-electron chi connectivity index (χ1n) is 9.16. The predicted octanol–water partition coefficient (Wildman–Crippen LogP) is 5.59. The van der Waals surface area contributed by atoms with E-state index in [9.17, 15) is 4.79 Å². The number of nitrogens with one attached hydrogen (secondary N) is 1. The third kappa shape index (κ3) is 4.92. The van der Waals surface area contributed by atoms with Gasteiger partial charge in [-0.05, 0) is 55.5 Å². The van der Waals surface area contributed by atoms with Crippen LogP contribution in [0, 0.1) is 6.92 Å². The van der Waals surface area contributed by atoms with E-state index in [1.54, 1.807) is 17.8 Å². The number of carbonyl (C=O) groups is 1. The maximum atomic E-state index is 12.3. The SMILES string of the molecule is Cc1cccc(C(=O)Nc2ccc(SCc3nnc(-c4ccccc4)o3)cc2)c1. The quantitative estimate of drug-likeness (QED) is 0.427. The zero-order chi connectivity index (χ0) is 20.1. The van der Waals surface area contributed by atoms with Crippen LogP contribution in [0.2, 0.25) is 0 Å². The molecule has 0 radical (unpaired) electrons. The fourth-order valence-corrected chi connectivity index (χ4v) is 3.51. The molecule has 1 N–H and O–H groups in total. The fourth-order valence-electron chi connectivity index (χ4n) is 2.78. The Hall–Kier alpha value is -3.38. The highest BCUT2D eigenvalue weighted by atomic mass is 32.2. The summed E-state index contributed by atoms with van der Waals surface area (Å²) in [5.41, 5.74) is 3.37. The first kappa shape index (κ1) is 19.0. The number of thioether (sulfide) groups is 1. The van der Waals surface area contributed by atoms with Gasteiger partial charge in [-0.2, -0.15) is 0 Å². The molecule has 0 spiro atoms. The summed E-state index contributed by atoms with van der Waals surface area (Å²) in [6.45, 7) is 1.97. The summed E-state index contributed by atoms with van der Waals surface area (Å²) in [5.74, 6) is 1.56. The average Bonchev–Trinajstić information content (AvgIpc) is 3.23. The van der Waals surface area contributed by atoms with E-state index in [0.29, 0.717) is 23.1 Å². The van der Waals surface area contributed by atoms with Gasteiger partial charge in [0.1, 0.15) is 0 Å². The molecule has 0 bridgehead atoms. The molecule has 3 aromatic carbocycles. The van der Waals surface area contributed by atoms with Crippen molar-refractivity contribution in [3.05, 3.63) is 95.9 Å². The van der Waals surface area contributed by atoms with Crippen LogP contribution in [0.4, 0.5) is 5.69 Å². The van der Waals surface area contributed by atoms with Gasteiger partial charge in [0.15, 0.2) is 0 Å². The van der Waals surface area contributed by atoms with Crippen molar-refractivity contribution in [1.82, 2.24) is 10.2 Å². The van der Waals surface area contributed by atoms with E-state index >= 15 is 0 Å². The lowest BCUT2D eigenvalue weighted by atomic mass is 10.1. The molecule has 0 unspecified atom stereocenters. The molecular weight excluding hydrogens is 382 g/mol. The minimum Gasteiger partial charge on any atom is -0.420 e. The van der Waals surface area contributed by atoms with E-state index in [2.05, 4.69) is 15.5 Å². The third-order valence-corrected chi connectivity index (χ3v) is 5.24. The smallest absolute Gasteiger partial charge is 0.255 e. The number of hydrogen-bond acceptors (Lipinski definition) is 5.